The van der Waals surface area contributed by atoms with Crippen molar-refractivity contribution in [3.8, 4) is 0 Å². The number of nitro groups is 1. The van der Waals surface area contributed by atoms with Crippen LogP contribution in [0.1, 0.15) is 12.5 Å². The molecular formula is C13H12F3N3O4. The monoisotopic (exact) mass is 331 g/mol. The highest BCUT2D eigenvalue weighted by Gasteiger charge is 2.62. The van der Waals surface area contributed by atoms with Gasteiger partial charge in [-0.25, -0.2) is 9.38 Å². The molecule has 0 bridgehead atoms. The number of nitrogens with zero attached hydrogens (tertiary/aromatic N) is 2. The minimum Gasteiger partial charge on any atom is -0.453 e. The fourth-order valence-corrected chi connectivity index (χ4v) is 2.87. The number of fused-ring (bicyclic) bond motifs is 1. The van der Waals surface area contributed by atoms with Crippen molar-refractivity contribution in [3.05, 3.63) is 39.7 Å². The first kappa shape index (κ1) is 15.5. The van der Waals surface area contributed by atoms with Crippen molar-refractivity contribution in [3.63, 3.8) is 0 Å². The summed E-state index contributed by atoms with van der Waals surface area (Å²) in [5.74, 6) is -4.17. The third kappa shape index (κ3) is 2.29. The molecule has 7 nitrogen and oxygen atoms in total. The second-order valence-electron chi connectivity index (χ2n) is 5.55. The van der Waals surface area contributed by atoms with Crippen LogP contribution in [0.4, 0.5) is 18.9 Å². The van der Waals surface area contributed by atoms with Crippen molar-refractivity contribution in [1.29, 1.82) is 0 Å². The lowest BCUT2D eigenvalue weighted by Crippen LogP contribution is -2.54. The van der Waals surface area contributed by atoms with Crippen LogP contribution in [0, 0.1) is 15.9 Å². The smallest absolute Gasteiger partial charge is 0.309 e. The first-order valence-corrected chi connectivity index (χ1v) is 6.61. The summed E-state index contributed by atoms with van der Waals surface area (Å²) in [4.78, 5) is 14.1. The molecule has 23 heavy (non-hydrogen) atoms. The number of ether oxygens (including phenoxy) is 2. The topological polar surface area (TPSA) is 100.0 Å². The molecule has 0 amide bonds. The number of benzene rings is 1. The van der Waals surface area contributed by atoms with Crippen LogP contribution in [0.5, 0.6) is 0 Å². The summed E-state index contributed by atoms with van der Waals surface area (Å²) in [6.07, 6.45) is -3.08. The maximum Gasteiger partial charge on any atom is 0.309 e. The molecule has 10 heteroatoms. The number of non-ortho nitro benzene ring substituents is 1. The molecule has 2 N–H and O–H groups in total. The van der Waals surface area contributed by atoms with Crippen molar-refractivity contribution in [2.45, 2.75) is 30.6 Å². The Labute approximate surface area is 128 Å². The Bertz CT molecular complexity index is 712. The van der Waals surface area contributed by atoms with E-state index in [1.165, 1.54) is 6.92 Å². The summed E-state index contributed by atoms with van der Waals surface area (Å²) in [6.45, 7) is 0.390. The minimum absolute atomic E-state index is 0.259. The van der Waals surface area contributed by atoms with Crippen molar-refractivity contribution >= 4 is 11.7 Å². The lowest BCUT2D eigenvalue weighted by Gasteiger charge is -2.38. The van der Waals surface area contributed by atoms with Gasteiger partial charge in [0.05, 0.1) is 4.92 Å². The largest absolute Gasteiger partial charge is 0.453 e. The molecule has 1 aromatic carbocycles. The van der Waals surface area contributed by atoms with Crippen LogP contribution in [-0.2, 0) is 15.0 Å². The predicted molar refractivity (Wildman–Crippen MR) is 71.6 cm³/mol. The van der Waals surface area contributed by atoms with Gasteiger partial charge in [0.1, 0.15) is 24.1 Å². The van der Waals surface area contributed by atoms with Crippen molar-refractivity contribution in [2.24, 2.45) is 10.7 Å². The first-order valence-electron chi connectivity index (χ1n) is 6.61. The predicted octanol–water partition coefficient (Wildman–Crippen LogP) is 1.70. The van der Waals surface area contributed by atoms with Gasteiger partial charge < -0.3 is 15.2 Å². The molecular weight excluding hydrogens is 319 g/mol. The molecule has 2 heterocycles. The zero-order valence-corrected chi connectivity index (χ0v) is 11.8. The second-order valence-corrected chi connectivity index (χ2v) is 5.55. The fraction of sp³-hybridized carbons (Fsp3) is 0.462. The first-order chi connectivity index (χ1) is 10.6. The standard InChI is InChI=1S/C13H12F3N3O4/c1-12(7-4-6(19(20)21)2-3-8(7)14)9-10(23-11(17)18-12)13(15,16)5-22-9/h2-4,9-10H,5H2,1H3,(H2,17,18)/t9-,10-,12+/m0/s1. The van der Waals surface area contributed by atoms with Gasteiger partial charge in [-0.15, -0.1) is 0 Å². The van der Waals surface area contributed by atoms with Crippen LogP contribution in [0.2, 0.25) is 0 Å². The van der Waals surface area contributed by atoms with Crippen LogP contribution in [0.25, 0.3) is 0 Å². The zero-order chi connectivity index (χ0) is 17.0. The molecule has 124 valence electrons. The van der Waals surface area contributed by atoms with Gasteiger partial charge in [0.25, 0.3) is 11.7 Å². The highest BCUT2D eigenvalue weighted by atomic mass is 19.3. The van der Waals surface area contributed by atoms with Gasteiger partial charge in [0.2, 0.25) is 0 Å². The molecule has 0 aromatic heterocycles. The van der Waals surface area contributed by atoms with Crippen LogP contribution in [0.15, 0.2) is 23.2 Å². The van der Waals surface area contributed by atoms with E-state index in [9.17, 15) is 23.3 Å². The van der Waals surface area contributed by atoms with Crippen LogP contribution in [-0.4, -0.2) is 35.7 Å². The van der Waals surface area contributed by atoms with E-state index in [1.807, 2.05) is 0 Å². The maximum atomic E-state index is 14.2. The normalized spacial score (nSPS) is 31.9. The Morgan fingerprint density at radius 2 is 2.13 bits per heavy atom. The van der Waals surface area contributed by atoms with Gasteiger partial charge in [-0.1, -0.05) is 0 Å². The zero-order valence-electron chi connectivity index (χ0n) is 11.8. The second kappa shape index (κ2) is 4.82. The average Bonchev–Trinajstić information content (AvgIpc) is 2.75. The number of alkyl halides is 2. The Hall–Kier alpha value is -2.36. The Morgan fingerprint density at radius 3 is 2.78 bits per heavy atom. The third-order valence-corrected chi connectivity index (χ3v) is 4.00. The number of aliphatic imine (C=N–C) groups is 1. The van der Waals surface area contributed by atoms with Crippen LogP contribution < -0.4 is 5.73 Å². The van der Waals surface area contributed by atoms with Crippen LogP contribution >= 0.6 is 0 Å². The van der Waals surface area contributed by atoms with E-state index in [4.69, 9.17) is 15.2 Å². The van der Waals surface area contributed by atoms with E-state index < -0.39 is 52.7 Å². The summed E-state index contributed by atoms with van der Waals surface area (Å²) >= 11 is 0. The molecule has 3 rings (SSSR count). The maximum absolute atomic E-state index is 14.2. The van der Waals surface area contributed by atoms with E-state index in [0.29, 0.717) is 0 Å². The lowest BCUT2D eigenvalue weighted by atomic mass is 9.82. The van der Waals surface area contributed by atoms with E-state index in [0.717, 1.165) is 18.2 Å². The number of hydrogen-bond acceptors (Lipinski definition) is 6. The molecule has 0 saturated carbocycles. The summed E-state index contributed by atoms with van der Waals surface area (Å²) in [5, 5.41) is 10.9. The van der Waals surface area contributed by atoms with Gasteiger partial charge in [0, 0.05) is 17.7 Å². The van der Waals surface area contributed by atoms with Gasteiger partial charge >= 0.3 is 5.92 Å². The van der Waals surface area contributed by atoms with E-state index in [-0.39, 0.29) is 5.56 Å². The Balaban J connectivity index is 2.15. The van der Waals surface area contributed by atoms with Gasteiger partial charge in [-0.3, -0.25) is 10.1 Å². The van der Waals surface area contributed by atoms with E-state index in [2.05, 4.69) is 4.99 Å². The SMILES string of the molecule is C[C@]1(c2cc([N+](=O)[O-])ccc2F)N=C(N)O[C@H]2[C@@H]1OCC2(F)F. The van der Waals surface area contributed by atoms with Crippen molar-refractivity contribution in [2.75, 3.05) is 6.61 Å². The third-order valence-electron chi connectivity index (χ3n) is 4.00. The Kier molecular flexibility index (Phi) is 3.25. The number of rotatable bonds is 2. The van der Waals surface area contributed by atoms with Crippen molar-refractivity contribution in [1.82, 2.24) is 0 Å². The summed E-state index contributed by atoms with van der Waals surface area (Å²) < 4.78 is 51.9. The molecule has 0 unspecified atom stereocenters. The molecule has 1 aromatic rings. The number of hydrogen-bond donors (Lipinski definition) is 1. The quantitative estimate of drug-likeness (QED) is 0.657. The highest BCUT2D eigenvalue weighted by molar-refractivity contribution is 5.73. The molecule has 2 aliphatic rings. The summed E-state index contributed by atoms with van der Waals surface area (Å²) in [6, 6.07) is 2.23. The number of nitrogens with two attached hydrogens (primary N) is 1. The Morgan fingerprint density at radius 1 is 1.43 bits per heavy atom. The highest BCUT2D eigenvalue weighted by Crippen LogP contribution is 2.46. The molecule has 0 spiro atoms. The fourth-order valence-electron chi connectivity index (χ4n) is 2.87. The van der Waals surface area contributed by atoms with Gasteiger partial charge in [-0.05, 0) is 13.0 Å². The number of halogens is 3. The lowest BCUT2D eigenvalue weighted by molar-refractivity contribution is -0.385. The average molecular weight is 331 g/mol. The van der Waals surface area contributed by atoms with Gasteiger partial charge in [0.15, 0.2) is 6.10 Å². The molecule has 0 aliphatic carbocycles. The number of amidine groups is 1. The van der Waals surface area contributed by atoms with E-state index >= 15 is 0 Å². The molecule has 3 atom stereocenters. The molecule has 1 saturated heterocycles. The number of nitro benzene ring substituents is 1. The van der Waals surface area contributed by atoms with Crippen molar-refractivity contribution < 1.29 is 27.6 Å². The minimum atomic E-state index is -3.33. The van der Waals surface area contributed by atoms with Gasteiger partial charge in [-0.2, -0.15) is 8.78 Å². The van der Waals surface area contributed by atoms with E-state index in [1.54, 1.807) is 0 Å². The molecule has 0 radical (unpaired) electrons. The molecule has 1 fully saturated rings. The van der Waals surface area contributed by atoms with Crippen LogP contribution in [0.3, 0.4) is 0 Å². The summed E-state index contributed by atoms with van der Waals surface area (Å²) in [7, 11) is 0. The summed E-state index contributed by atoms with van der Waals surface area (Å²) in [5.41, 5.74) is 3.12. The molecule has 2 aliphatic heterocycles.